The van der Waals surface area contributed by atoms with E-state index in [-0.39, 0.29) is 30.0 Å². The van der Waals surface area contributed by atoms with Gasteiger partial charge >= 0.3 is 0 Å². The minimum atomic E-state index is 0. The molecule has 1 aromatic carbocycles. The molecule has 0 saturated carbocycles. The molecule has 156 valence electrons. The maximum atomic E-state index is 5.63. The van der Waals surface area contributed by atoms with E-state index in [4.69, 9.17) is 9.47 Å². The summed E-state index contributed by atoms with van der Waals surface area (Å²) in [5.41, 5.74) is 1.15. The van der Waals surface area contributed by atoms with Gasteiger partial charge in [0.1, 0.15) is 5.75 Å². The van der Waals surface area contributed by atoms with Crippen LogP contribution in [0.15, 0.2) is 29.3 Å². The lowest BCUT2D eigenvalue weighted by Crippen LogP contribution is -2.42. The zero-order valence-electron chi connectivity index (χ0n) is 17.6. The van der Waals surface area contributed by atoms with Crippen molar-refractivity contribution >= 4 is 29.9 Å². The Kier molecular flexibility index (Phi) is 14.3. The fraction of sp³-hybridized carbons (Fsp3) is 0.650. The molecule has 0 heterocycles. The first-order valence-electron chi connectivity index (χ1n) is 9.31. The van der Waals surface area contributed by atoms with E-state index in [2.05, 4.69) is 54.5 Å². The predicted octanol–water partition coefficient (Wildman–Crippen LogP) is 3.14. The number of para-hydroxylation sites is 1. The van der Waals surface area contributed by atoms with Crippen molar-refractivity contribution in [3.05, 3.63) is 29.8 Å². The normalized spacial score (nSPS) is 12.7. The number of rotatable bonds is 11. The van der Waals surface area contributed by atoms with Gasteiger partial charge in [0.15, 0.2) is 5.96 Å². The molecule has 27 heavy (non-hydrogen) atoms. The van der Waals surface area contributed by atoms with Crippen LogP contribution in [0.25, 0.3) is 0 Å². The maximum Gasteiger partial charge on any atom is 0.191 e. The van der Waals surface area contributed by atoms with Crippen LogP contribution in [0.1, 0.15) is 31.9 Å². The summed E-state index contributed by atoms with van der Waals surface area (Å²) in [6.45, 7) is 7.35. The number of nitrogens with one attached hydrogen (secondary N) is 2. The Morgan fingerprint density at radius 1 is 1.15 bits per heavy atom. The molecule has 2 N–H and O–H groups in total. The van der Waals surface area contributed by atoms with Crippen LogP contribution in [-0.2, 0) is 4.74 Å². The summed E-state index contributed by atoms with van der Waals surface area (Å²) in [5.74, 6) is 2.35. The molecule has 7 heteroatoms. The Morgan fingerprint density at radius 3 is 2.44 bits per heavy atom. The van der Waals surface area contributed by atoms with E-state index in [1.54, 1.807) is 14.2 Å². The fourth-order valence-electron chi connectivity index (χ4n) is 2.59. The van der Waals surface area contributed by atoms with E-state index in [1.807, 2.05) is 18.2 Å². The van der Waals surface area contributed by atoms with Gasteiger partial charge in [0.05, 0.1) is 19.8 Å². The highest BCUT2D eigenvalue weighted by Gasteiger charge is 2.18. The van der Waals surface area contributed by atoms with E-state index in [9.17, 15) is 0 Å². The summed E-state index contributed by atoms with van der Waals surface area (Å²) in [4.78, 5) is 6.46. The Morgan fingerprint density at radius 2 is 1.85 bits per heavy atom. The second kappa shape index (κ2) is 14.9. The number of benzene rings is 1. The molecular weight excluding hydrogens is 455 g/mol. The van der Waals surface area contributed by atoms with Crippen LogP contribution < -0.4 is 15.4 Å². The van der Waals surface area contributed by atoms with Crippen LogP contribution in [0.2, 0.25) is 0 Å². The van der Waals surface area contributed by atoms with Crippen LogP contribution in [0.4, 0.5) is 0 Å². The minimum Gasteiger partial charge on any atom is -0.496 e. The van der Waals surface area contributed by atoms with E-state index >= 15 is 0 Å². The third-order valence-corrected chi connectivity index (χ3v) is 4.19. The zero-order valence-corrected chi connectivity index (χ0v) is 19.9. The second-order valence-electron chi connectivity index (χ2n) is 6.90. The molecule has 0 fully saturated rings. The first-order chi connectivity index (χ1) is 12.5. The van der Waals surface area contributed by atoms with Crippen LogP contribution in [0.5, 0.6) is 5.75 Å². The molecule has 6 nitrogen and oxygen atoms in total. The van der Waals surface area contributed by atoms with Gasteiger partial charge in [0.2, 0.25) is 0 Å². The number of hydrogen-bond donors (Lipinski definition) is 2. The van der Waals surface area contributed by atoms with E-state index in [1.165, 1.54) is 0 Å². The van der Waals surface area contributed by atoms with E-state index in [0.717, 1.165) is 43.4 Å². The summed E-state index contributed by atoms with van der Waals surface area (Å²) in [7, 11) is 7.62. The topological polar surface area (TPSA) is 58.1 Å². The summed E-state index contributed by atoms with van der Waals surface area (Å²) >= 11 is 0. The quantitative estimate of drug-likeness (QED) is 0.215. The largest absolute Gasteiger partial charge is 0.496 e. The summed E-state index contributed by atoms with van der Waals surface area (Å²) in [6, 6.07) is 8.29. The van der Waals surface area contributed by atoms with Gasteiger partial charge < -0.3 is 25.0 Å². The molecule has 0 aliphatic carbocycles. The molecule has 0 spiro atoms. The zero-order chi connectivity index (χ0) is 19.4. The monoisotopic (exact) mass is 492 g/mol. The fourth-order valence-corrected chi connectivity index (χ4v) is 2.59. The molecule has 0 bridgehead atoms. The van der Waals surface area contributed by atoms with Crippen molar-refractivity contribution in [2.45, 2.75) is 26.3 Å². The van der Waals surface area contributed by atoms with E-state index < -0.39 is 0 Å². The predicted molar refractivity (Wildman–Crippen MR) is 124 cm³/mol. The third kappa shape index (κ3) is 10.2. The average Bonchev–Trinajstić information content (AvgIpc) is 2.62. The molecule has 1 unspecified atom stereocenters. The van der Waals surface area contributed by atoms with Crippen molar-refractivity contribution in [1.82, 2.24) is 15.5 Å². The first-order valence-corrected chi connectivity index (χ1v) is 9.31. The molecule has 0 aliphatic heterocycles. The Balaban J connectivity index is 0.00000676. The number of aliphatic imine (C=N–C) groups is 1. The molecule has 0 saturated heterocycles. The Labute approximate surface area is 182 Å². The highest BCUT2D eigenvalue weighted by molar-refractivity contribution is 14.0. The lowest BCUT2D eigenvalue weighted by Gasteiger charge is -2.27. The highest BCUT2D eigenvalue weighted by atomic mass is 127. The van der Waals surface area contributed by atoms with Crippen LogP contribution in [0.3, 0.4) is 0 Å². The lowest BCUT2D eigenvalue weighted by molar-refractivity contribution is 0.128. The second-order valence-corrected chi connectivity index (χ2v) is 6.90. The molecule has 0 aliphatic rings. The van der Waals surface area contributed by atoms with Crippen molar-refractivity contribution in [3.63, 3.8) is 0 Å². The van der Waals surface area contributed by atoms with Crippen molar-refractivity contribution in [1.29, 1.82) is 0 Å². The van der Waals surface area contributed by atoms with Gasteiger partial charge in [0, 0.05) is 32.3 Å². The van der Waals surface area contributed by atoms with Gasteiger partial charge in [-0.1, -0.05) is 32.0 Å². The van der Waals surface area contributed by atoms with Gasteiger partial charge in [-0.05, 0) is 32.5 Å². The van der Waals surface area contributed by atoms with E-state index in [0.29, 0.717) is 12.5 Å². The number of methoxy groups -OCH3 is 1. The maximum absolute atomic E-state index is 5.63. The summed E-state index contributed by atoms with van der Waals surface area (Å²) in [5, 5.41) is 6.69. The molecule has 1 aromatic rings. The molecular formula is C20H37IN4O2. The summed E-state index contributed by atoms with van der Waals surface area (Å²) < 4.78 is 11.1. The molecule has 0 amide bonds. The number of ether oxygens (including phenoxy) is 2. The SMILES string of the molecule is CN=C(NCCOCCC(C)C)NCC(c1ccccc1OC)N(C)C.I. The lowest BCUT2D eigenvalue weighted by atomic mass is 10.0. The van der Waals surface area contributed by atoms with Crippen LogP contribution in [0, 0.1) is 5.92 Å². The molecule has 0 aromatic heterocycles. The number of guanidine groups is 1. The smallest absolute Gasteiger partial charge is 0.191 e. The Hall–Kier alpha value is -1.06. The summed E-state index contributed by atoms with van der Waals surface area (Å²) in [6.07, 6.45) is 1.09. The van der Waals surface area contributed by atoms with Crippen LogP contribution >= 0.6 is 24.0 Å². The van der Waals surface area contributed by atoms with Crippen molar-refractivity contribution in [3.8, 4) is 5.75 Å². The Bertz CT molecular complexity index is 538. The van der Waals surface area contributed by atoms with Gasteiger partial charge in [-0.3, -0.25) is 4.99 Å². The standard InChI is InChI=1S/C20H36N4O2.HI/c1-16(2)11-13-26-14-12-22-20(21-3)23-15-18(24(4)5)17-9-7-8-10-19(17)25-6;/h7-10,16,18H,11-15H2,1-6H3,(H2,21,22,23);1H. The number of nitrogens with zero attached hydrogens (tertiary/aromatic N) is 2. The number of hydrogen-bond acceptors (Lipinski definition) is 4. The third-order valence-electron chi connectivity index (χ3n) is 4.19. The van der Waals surface area contributed by atoms with Gasteiger partial charge in [-0.25, -0.2) is 0 Å². The number of halogens is 1. The van der Waals surface area contributed by atoms with Crippen molar-refractivity contribution < 1.29 is 9.47 Å². The first kappa shape index (κ1) is 25.9. The van der Waals surface area contributed by atoms with Gasteiger partial charge in [0.25, 0.3) is 0 Å². The minimum absolute atomic E-state index is 0. The molecule has 1 atom stereocenters. The van der Waals surface area contributed by atoms with Crippen LogP contribution in [-0.4, -0.2) is 65.4 Å². The van der Waals surface area contributed by atoms with Gasteiger partial charge in [-0.15, -0.1) is 24.0 Å². The average molecular weight is 492 g/mol. The number of likely N-dealkylation sites (N-methyl/N-ethyl adjacent to an activating group) is 1. The van der Waals surface area contributed by atoms with Gasteiger partial charge in [-0.2, -0.15) is 0 Å². The highest BCUT2D eigenvalue weighted by Crippen LogP contribution is 2.27. The van der Waals surface area contributed by atoms with Crippen molar-refractivity contribution in [2.75, 3.05) is 54.6 Å². The van der Waals surface area contributed by atoms with Crippen molar-refractivity contribution in [2.24, 2.45) is 10.9 Å². The molecule has 1 rings (SSSR count). The molecule has 0 radical (unpaired) electrons.